The van der Waals surface area contributed by atoms with Gasteiger partial charge in [0.25, 0.3) is 0 Å². The number of hydrogen-bond acceptors (Lipinski definition) is 22. The molecule has 3 aliphatic rings. The van der Waals surface area contributed by atoms with Gasteiger partial charge >= 0.3 is 0 Å². The molecule has 23 nitrogen and oxygen atoms in total. The number of ether oxygens (including phenoxy) is 6. The zero-order valence-corrected chi connectivity index (χ0v) is 27.9. The van der Waals surface area contributed by atoms with E-state index < -0.39 is 143 Å². The van der Waals surface area contributed by atoms with Crippen LogP contribution < -0.4 is 10.6 Å². The molecule has 51 heavy (non-hydrogen) atoms. The molecule has 23 heteroatoms. The second-order valence-corrected chi connectivity index (χ2v) is 12.7. The molecule has 3 rings (SSSR count). The van der Waals surface area contributed by atoms with Crippen LogP contribution in [-0.4, -0.2) is 241 Å². The number of nitrogens with zero attached hydrogens (tertiary/aromatic N) is 1. The minimum Gasteiger partial charge on any atom is -0.394 e. The van der Waals surface area contributed by atoms with E-state index in [1.54, 1.807) is 7.05 Å². The van der Waals surface area contributed by atoms with Crippen LogP contribution in [0.1, 0.15) is 6.42 Å². The number of aliphatic hydroxyl groups is 12. The van der Waals surface area contributed by atoms with Gasteiger partial charge in [0.15, 0.2) is 18.9 Å². The molecule has 15 unspecified atom stereocenters. The summed E-state index contributed by atoms with van der Waals surface area (Å²) < 4.78 is 33.4. The summed E-state index contributed by atoms with van der Waals surface area (Å²) in [5.41, 5.74) is -2.04. The molecule has 3 aliphatic heterocycles. The molecule has 0 aromatic rings. The van der Waals surface area contributed by atoms with Crippen molar-refractivity contribution < 1.29 is 99.7 Å². The van der Waals surface area contributed by atoms with Crippen molar-refractivity contribution in [2.45, 2.75) is 104 Å². The molecule has 0 bridgehead atoms. The first kappa shape index (κ1) is 44.0. The number of hydrogen-bond donors (Lipinski definition) is 15. The van der Waals surface area contributed by atoms with Gasteiger partial charge in [-0.15, -0.1) is 0 Å². The van der Waals surface area contributed by atoms with Crippen LogP contribution in [-0.2, 0) is 33.2 Å². The van der Waals surface area contributed by atoms with Gasteiger partial charge in [-0.25, -0.2) is 0 Å². The summed E-state index contributed by atoms with van der Waals surface area (Å²) in [6.45, 7) is -4.53. The monoisotopic (exact) mass is 751 g/mol. The van der Waals surface area contributed by atoms with Crippen LogP contribution in [0.4, 0.5) is 0 Å². The topological polar surface area (TPSA) is 363 Å². The van der Waals surface area contributed by atoms with Crippen LogP contribution in [0.3, 0.4) is 0 Å². The standard InChI is InChI=1S/C28H53N3O20/c1-29-3-5-31(45)4-2-15(35)30-28(9-46-25-22(42)19(39)16(36)12(6-32)49-25,10-47-26-23(43)20(40)17(37)13(7-33)50-26)11-48-27-24(44)21(41)18(38)14(8-34)51-27/h12-14,16-27,29,32-34,36-45H,2-11H2,1H3,(H,30,35). The zero-order valence-electron chi connectivity index (χ0n) is 27.9. The molecule has 3 saturated heterocycles. The highest BCUT2D eigenvalue weighted by Gasteiger charge is 2.49. The fraction of sp³-hybridized carbons (Fsp3) is 0.964. The lowest BCUT2D eigenvalue weighted by Crippen LogP contribution is -2.65. The van der Waals surface area contributed by atoms with Gasteiger partial charge in [0.2, 0.25) is 5.91 Å². The van der Waals surface area contributed by atoms with Crippen LogP contribution in [0.15, 0.2) is 0 Å². The lowest BCUT2D eigenvalue weighted by Gasteiger charge is -2.44. The highest BCUT2D eigenvalue weighted by atomic mass is 16.7. The summed E-state index contributed by atoms with van der Waals surface area (Å²) in [6, 6.07) is 0. The third-order valence-electron chi connectivity index (χ3n) is 8.74. The van der Waals surface area contributed by atoms with Crippen molar-refractivity contribution in [3.05, 3.63) is 0 Å². The number of carbonyl (C=O) groups is 1. The molecule has 0 saturated carbocycles. The number of aliphatic hydroxyl groups excluding tert-OH is 12. The SMILES string of the molecule is CNCCN(O)CCC(=O)NC(COC1OC(CO)C(O)C(O)C1O)(COC1OC(CO)C(O)C(O)C1O)COC1OC(CO)C(O)C(O)C1O. The lowest BCUT2D eigenvalue weighted by atomic mass is 9.98. The minimum atomic E-state index is -2.04. The fourth-order valence-corrected chi connectivity index (χ4v) is 5.52. The highest BCUT2D eigenvalue weighted by Crippen LogP contribution is 2.28. The third-order valence-corrected chi connectivity index (χ3v) is 8.74. The van der Waals surface area contributed by atoms with Crippen molar-refractivity contribution in [2.24, 2.45) is 0 Å². The number of likely N-dealkylation sites (N-methyl/N-ethyl adjacent to an activating group) is 1. The van der Waals surface area contributed by atoms with Crippen LogP contribution in [0.2, 0.25) is 0 Å². The van der Waals surface area contributed by atoms with Gasteiger partial charge in [0, 0.05) is 26.1 Å². The first-order valence-electron chi connectivity index (χ1n) is 16.3. The Bertz CT molecular complexity index is 934. The van der Waals surface area contributed by atoms with E-state index in [2.05, 4.69) is 10.6 Å². The summed E-state index contributed by atoms with van der Waals surface area (Å²) in [7, 11) is 1.65. The maximum Gasteiger partial charge on any atom is 0.222 e. The molecule has 0 aromatic heterocycles. The van der Waals surface area contributed by atoms with E-state index in [1.807, 2.05) is 0 Å². The Kier molecular flexibility index (Phi) is 17.6. The molecule has 15 atom stereocenters. The van der Waals surface area contributed by atoms with Crippen LogP contribution >= 0.6 is 0 Å². The largest absolute Gasteiger partial charge is 0.394 e. The Morgan fingerprint density at radius 3 is 1.27 bits per heavy atom. The highest BCUT2D eigenvalue weighted by molar-refractivity contribution is 5.77. The number of nitrogens with one attached hydrogen (secondary N) is 2. The lowest BCUT2D eigenvalue weighted by molar-refractivity contribution is -0.324. The maximum atomic E-state index is 13.4. The minimum absolute atomic E-state index is 0.135. The summed E-state index contributed by atoms with van der Waals surface area (Å²) in [5.74, 6) is -0.800. The predicted molar refractivity (Wildman–Crippen MR) is 162 cm³/mol. The molecule has 0 spiro atoms. The van der Waals surface area contributed by atoms with E-state index in [9.17, 15) is 71.3 Å². The quantitative estimate of drug-likeness (QED) is 0.0545. The average Bonchev–Trinajstić information content (AvgIpc) is 3.12. The number of hydroxylamine groups is 2. The molecule has 0 radical (unpaired) electrons. The Hall–Kier alpha value is -1.37. The summed E-state index contributed by atoms with van der Waals surface area (Å²) in [5, 5.41) is 138. The van der Waals surface area contributed by atoms with Gasteiger partial charge in [-0.05, 0) is 7.05 Å². The van der Waals surface area contributed by atoms with Crippen LogP contribution in [0.5, 0.6) is 0 Å². The Morgan fingerprint density at radius 2 is 0.961 bits per heavy atom. The summed E-state index contributed by atoms with van der Waals surface area (Å²) >= 11 is 0. The van der Waals surface area contributed by atoms with Gasteiger partial charge in [0.1, 0.15) is 78.8 Å². The zero-order chi connectivity index (χ0) is 38.0. The van der Waals surface area contributed by atoms with E-state index in [4.69, 9.17) is 28.4 Å². The molecule has 0 aromatic carbocycles. The molecule has 15 N–H and O–H groups in total. The van der Waals surface area contributed by atoms with Crippen molar-refractivity contribution in [3.8, 4) is 0 Å². The molecular weight excluding hydrogens is 698 g/mol. The van der Waals surface area contributed by atoms with Crippen molar-refractivity contribution >= 4 is 5.91 Å². The average molecular weight is 752 g/mol. The number of rotatable bonds is 19. The van der Waals surface area contributed by atoms with Gasteiger partial charge in [0.05, 0.1) is 39.6 Å². The number of amides is 1. The van der Waals surface area contributed by atoms with Crippen molar-refractivity contribution in [2.75, 3.05) is 66.3 Å². The maximum absolute atomic E-state index is 13.4. The molecule has 300 valence electrons. The second-order valence-electron chi connectivity index (χ2n) is 12.7. The van der Waals surface area contributed by atoms with Crippen LogP contribution in [0, 0.1) is 0 Å². The predicted octanol–water partition coefficient (Wildman–Crippen LogP) is -9.41. The molecule has 0 aliphatic carbocycles. The molecule has 3 heterocycles. The van der Waals surface area contributed by atoms with Crippen molar-refractivity contribution in [3.63, 3.8) is 0 Å². The van der Waals surface area contributed by atoms with Gasteiger partial charge in [-0.2, -0.15) is 5.06 Å². The second kappa shape index (κ2) is 20.3. The molecule has 1 amide bonds. The van der Waals surface area contributed by atoms with E-state index in [1.165, 1.54) is 0 Å². The molecular formula is C28H53N3O20. The van der Waals surface area contributed by atoms with E-state index in [0.29, 0.717) is 6.54 Å². The van der Waals surface area contributed by atoms with E-state index in [0.717, 1.165) is 5.06 Å². The third kappa shape index (κ3) is 11.3. The van der Waals surface area contributed by atoms with Gasteiger partial charge < -0.3 is 106 Å². The summed E-state index contributed by atoms with van der Waals surface area (Å²) in [4.78, 5) is 13.4. The Labute approximate surface area is 292 Å². The number of carbonyl (C=O) groups excluding carboxylic acids is 1. The Balaban J connectivity index is 1.94. The van der Waals surface area contributed by atoms with Gasteiger partial charge in [-0.1, -0.05) is 0 Å². The van der Waals surface area contributed by atoms with E-state index in [-0.39, 0.29) is 19.5 Å². The first-order valence-corrected chi connectivity index (χ1v) is 16.3. The van der Waals surface area contributed by atoms with Crippen LogP contribution in [0.25, 0.3) is 0 Å². The van der Waals surface area contributed by atoms with Crippen molar-refractivity contribution in [1.82, 2.24) is 15.7 Å². The molecule has 3 fully saturated rings. The Morgan fingerprint density at radius 1 is 0.608 bits per heavy atom. The van der Waals surface area contributed by atoms with Gasteiger partial charge in [-0.3, -0.25) is 4.79 Å². The van der Waals surface area contributed by atoms with Crippen molar-refractivity contribution in [1.29, 1.82) is 0 Å². The first-order chi connectivity index (χ1) is 24.1. The fourth-order valence-electron chi connectivity index (χ4n) is 5.52. The summed E-state index contributed by atoms with van der Waals surface area (Å²) in [6.07, 6.45) is -26.5. The normalized spacial score (nSPS) is 40.3. The van der Waals surface area contributed by atoms with E-state index >= 15 is 0 Å². The smallest absolute Gasteiger partial charge is 0.222 e.